The number of carbonyl (C=O) groups excluding carboxylic acids is 1. The number of hydrogen-bond acceptors (Lipinski definition) is 6. The van der Waals surface area contributed by atoms with Gasteiger partial charge in [0.1, 0.15) is 0 Å². The molecule has 1 fully saturated rings. The van der Waals surface area contributed by atoms with Crippen LogP contribution in [0.15, 0.2) is 23.6 Å². The molecule has 0 radical (unpaired) electrons. The minimum absolute atomic E-state index is 0.130. The summed E-state index contributed by atoms with van der Waals surface area (Å²) in [5.41, 5.74) is 5.98. The van der Waals surface area contributed by atoms with Crippen LogP contribution in [0.4, 0.5) is 0 Å². The Bertz CT molecular complexity index is 470. The molecule has 0 saturated carbocycles. The topological polar surface area (TPSA) is 117 Å². The second kappa shape index (κ2) is 6.80. The number of amides is 1. The maximum atomic E-state index is 12.0. The van der Waals surface area contributed by atoms with Crippen molar-refractivity contribution in [2.24, 2.45) is 10.9 Å². The standard InChI is InChI=1S/C12H18N6O2/c13-11(17-20)8-18-5-2-10(3-6-18)16-12(19)9-1-4-14-15-7-9/h1,4,7,10,20H,2-3,5-6,8H2,(H2,13,17)(H,16,19). The van der Waals surface area contributed by atoms with E-state index in [1.54, 1.807) is 6.07 Å². The zero-order chi connectivity index (χ0) is 14.4. The van der Waals surface area contributed by atoms with Gasteiger partial charge in [0, 0.05) is 19.1 Å². The summed E-state index contributed by atoms with van der Waals surface area (Å²) in [7, 11) is 0. The third kappa shape index (κ3) is 3.89. The molecule has 1 aliphatic rings. The fourth-order valence-corrected chi connectivity index (χ4v) is 2.19. The first-order valence-corrected chi connectivity index (χ1v) is 6.45. The van der Waals surface area contributed by atoms with Crippen LogP contribution in [0.5, 0.6) is 0 Å². The second-order valence-corrected chi connectivity index (χ2v) is 4.75. The maximum Gasteiger partial charge on any atom is 0.253 e. The highest BCUT2D eigenvalue weighted by Crippen LogP contribution is 2.10. The molecule has 1 aromatic rings. The molecule has 8 nitrogen and oxygen atoms in total. The van der Waals surface area contributed by atoms with Gasteiger partial charge in [-0.2, -0.15) is 10.2 Å². The number of likely N-dealkylation sites (tertiary alicyclic amines) is 1. The Balaban J connectivity index is 1.79. The van der Waals surface area contributed by atoms with Crippen molar-refractivity contribution in [2.75, 3.05) is 19.6 Å². The van der Waals surface area contributed by atoms with E-state index in [9.17, 15) is 4.79 Å². The summed E-state index contributed by atoms with van der Waals surface area (Å²) in [6, 6.07) is 1.77. The van der Waals surface area contributed by atoms with E-state index in [0.717, 1.165) is 25.9 Å². The van der Waals surface area contributed by atoms with Crippen molar-refractivity contribution in [1.29, 1.82) is 0 Å². The van der Waals surface area contributed by atoms with E-state index in [-0.39, 0.29) is 17.8 Å². The van der Waals surface area contributed by atoms with E-state index < -0.39 is 0 Å². The van der Waals surface area contributed by atoms with Crippen molar-refractivity contribution in [3.05, 3.63) is 24.0 Å². The monoisotopic (exact) mass is 278 g/mol. The Morgan fingerprint density at radius 2 is 2.25 bits per heavy atom. The van der Waals surface area contributed by atoms with Crippen molar-refractivity contribution in [1.82, 2.24) is 20.4 Å². The van der Waals surface area contributed by atoms with Gasteiger partial charge in [-0.3, -0.25) is 9.69 Å². The normalized spacial score (nSPS) is 17.9. The molecule has 1 aliphatic heterocycles. The van der Waals surface area contributed by atoms with Crippen molar-refractivity contribution < 1.29 is 10.0 Å². The Kier molecular flexibility index (Phi) is 4.83. The summed E-state index contributed by atoms with van der Waals surface area (Å²) in [5, 5.41) is 21.8. The van der Waals surface area contributed by atoms with Crippen molar-refractivity contribution in [3.63, 3.8) is 0 Å². The second-order valence-electron chi connectivity index (χ2n) is 4.75. The Morgan fingerprint density at radius 1 is 1.50 bits per heavy atom. The van der Waals surface area contributed by atoms with Crippen LogP contribution in [-0.4, -0.2) is 57.7 Å². The molecule has 0 spiro atoms. The van der Waals surface area contributed by atoms with Gasteiger partial charge in [0.25, 0.3) is 5.91 Å². The van der Waals surface area contributed by atoms with E-state index in [0.29, 0.717) is 12.1 Å². The number of nitrogens with one attached hydrogen (secondary N) is 1. The lowest BCUT2D eigenvalue weighted by atomic mass is 10.0. The van der Waals surface area contributed by atoms with E-state index >= 15 is 0 Å². The van der Waals surface area contributed by atoms with Crippen molar-refractivity contribution in [3.8, 4) is 0 Å². The van der Waals surface area contributed by atoms with Gasteiger partial charge < -0.3 is 16.3 Å². The summed E-state index contributed by atoms with van der Waals surface area (Å²) in [5.74, 6) is 0.0742. The first kappa shape index (κ1) is 14.2. The Labute approximate surface area is 116 Å². The number of amidine groups is 1. The zero-order valence-electron chi connectivity index (χ0n) is 11.1. The Morgan fingerprint density at radius 3 is 2.85 bits per heavy atom. The number of piperidine rings is 1. The number of nitrogens with two attached hydrogens (primary N) is 1. The largest absolute Gasteiger partial charge is 0.409 e. The molecule has 8 heteroatoms. The number of rotatable bonds is 4. The van der Waals surface area contributed by atoms with Crippen LogP contribution in [0, 0.1) is 0 Å². The molecule has 20 heavy (non-hydrogen) atoms. The summed E-state index contributed by atoms with van der Waals surface area (Å²) in [6.45, 7) is 2.05. The molecule has 0 atom stereocenters. The highest BCUT2D eigenvalue weighted by atomic mass is 16.4. The number of aromatic nitrogens is 2. The van der Waals surface area contributed by atoms with Gasteiger partial charge in [0.15, 0.2) is 5.84 Å². The summed E-state index contributed by atoms with van der Waals surface area (Å²) in [4.78, 5) is 14.0. The SMILES string of the molecule is N/C(CN1CCC(NC(=O)c2ccnnc2)CC1)=N/O. The predicted molar refractivity (Wildman–Crippen MR) is 72.4 cm³/mol. The van der Waals surface area contributed by atoms with Crippen LogP contribution in [0.3, 0.4) is 0 Å². The molecule has 4 N–H and O–H groups in total. The van der Waals surface area contributed by atoms with Gasteiger partial charge in [-0.1, -0.05) is 5.16 Å². The average molecular weight is 278 g/mol. The predicted octanol–water partition coefficient (Wildman–Crippen LogP) is -0.583. The highest BCUT2D eigenvalue weighted by Gasteiger charge is 2.21. The van der Waals surface area contributed by atoms with Crippen LogP contribution in [0.25, 0.3) is 0 Å². The Hall–Kier alpha value is -2.22. The summed E-state index contributed by atoms with van der Waals surface area (Å²) < 4.78 is 0. The van der Waals surface area contributed by atoms with E-state index in [2.05, 4.69) is 25.6 Å². The van der Waals surface area contributed by atoms with Crippen molar-refractivity contribution in [2.45, 2.75) is 18.9 Å². The smallest absolute Gasteiger partial charge is 0.253 e. The number of nitrogens with zero attached hydrogens (tertiary/aromatic N) is 4. The summed E-state index contributed by atoms with van der Waals surface area (Å²) >= 11 is 0. The van der Waals surface area contributed by atoms with Gasteiger partial charge in [-0.05, 0) is 18.9 Å². The fraction of sp³-hybridized carbons (Fsp3) is 0.500. The molecule has 0 unspecified atom stereocenters. The van der Waals surface area contributed by atoms with Crippen molar-refractivity contribution >= 4 is 11.7 Å². The number of carbonyl (C=O) groups is 1. The molecule has 1 aromatic heterocycles. The number of oxime groups is 1. The maximum absolute atomic E-state index is 12.0. The fourth-order valence-electron chi connectivity index (χ4n) is 2.19. The quantitative estimate of drug-likeness (QED) is 0.293. The van der Waals surface area contributed by atoms with Crippen LogP contribution in [-0.2, 0) is 0 Å². The highest BCUT2D eigenvalue weighted by molar-refractivity contribution is 5.93. The molecule has 1 amide bonds. The van der Waals surface area contributed by atoms with E-state index in [4.69, 9.17) is 10.9 Å². The minimum atomic E-state index is -0.130. The molecule has 2 heterocycles. The van der Waals surface area contributed by atoms with Gasteiger partial charge in [0.2, 0.25) is 0 Å². The van der Waals surface area contributed by atoms with Crippen LogP contribution >= 0.6 is 0 Å². The molecule has 2 rings (SSSR count). The van der Waals surface area contributed by atoms with Crippen LogP contribution in [0.1, 0.15) is 23.2 Å². The number of hydrogen-bond donors (Lipinski definition) is 3. The van der Waals surface area contributed by atoms with Crippen LogP contribution < -0.4 is 11.1 Å². The van der Waals surface area contributed by atoms with E-state index in [1.807, 2.05) is 0 Å². The minimum Gasteiger partial charge on any atom is -0.409 e. The molecule has 108 valence electrons. The first-order chi connectivity index (χ1) is 9.69. The summed E-state index contributed by atoms with van der Waals surface area (Å²) in [6.07, 6.45) is 4.61. The van der Waals surface area contributed by atoms with Gasteiger partial charge in [0.05, 0.1) is 24.5 Å². The van der Waals surface area contributed by atoms with Crippen LogP contribution in [0.2, 0.25) is 0 Å². The average Bonchev–Trinajstić information content (AvgIpc) is 2.50. The third-order valence-electron chi connectivity index (χ3n) is 3.28. The van der Waals surface area contributed by atoms with Gasteiger partial charge in [-0.15, -0.1) is 0 Å². The zero-order valence-corrected chi connectivity index (χ0v) is 11.1. The molecular weight excluding hydrogens is 260 g/mol. The van der Waals surface area contributed by atoms with Gasteiger partial charge in [-0.25, -0.2) is 0 Å². The molecule has 0 bridgehead atoms. The van der Waals surface area contributed by atoms with Gasteiger partial charge >= 0.3 is 0 Å². The lowest BCUT2D eigenvalue weighted by molar-refractivity contribution is 0.0914. The first-order valence-electron chi connectivity index (χ1n) is 6.45. The molecular formula is C12H18N6O2. The third-order valence-corrected chi connectivity index (χ3v) is 3.28. The molecule has 0 aliphatic carbocycles. The lowest BCUT2D eigenvalue weighted by Gasteiger charge is -2.31. The lowest BCUT2D eigenvalue weighted by Crippen LogP contribution is -2.46. The molecule has 0 aromatic carbocycles. The van der Waals surface area contributed by atoms with E-state index in [1.165, 1.54) is 12.4 Å². The molecule has 1 saturated heterocycles.